The quantitative estimate of drug-likeness (QED) is 0.787. The van der Waals surface area contributed by atoms with E-state index in [1.165, 1.54) is 6.42 Å². The fraction of sp³-hybridized carbons (Fsp3) is 0.462. The van der Waals surface area contributed by atoms with Crippen molar-refractivity contribution in [3.63, 3.8) is 0 Å². The smallest absolute Gasteiger partial charge is 0.319 e. The highest BCUT2D eigenvalue weighted by Crippen LogP contribution is 2.24. The van der Waals surface area contributed by atoms with Crippen molar-refractivity contribution < 1.29 is 4.79 Å². The summed E-state index contributed by atoms with van der Waals surface area (Å²) in [5, 5.41) is 5.84. The number of carbonyl (C=O) groups is 1. The first-order valence-electron chi connectivity index (χ1n) is 5.86. The maximum Gasteiger partial charge on any atom is 0.319 e. The van der Waals surface area contributed by atoms with Gasteiger partial charge < -0.3 is 10.6 Å². The predicted octanol–water partition coefficient (Wildman–Crippen LogP) is 3.00. The summed E-state index contributed by atoms with van der Waals surface area (Å²) in [5.41, 5.74) is 0.839. The summed E-state index contributed by atoms with van der Waals surface area (Å²) in [6.45, 7) is 2.23. The van der Waals surface area contributed by atoms with Crippen molar-refractivity contribution >= 4 is 11.7 Å². The van der Waals surface area contributed by atoms with Gasteiger partial charge in [0.1, 0.15) is 0 Å². The lowest BCUT2D eigenvalue weighted by atomic mass is 10.1. The number of urea groups is 1. The van der Waals surface area contributed by atoms with Crippen LogP contribution in [0.5, 0.6) is 0 Å². The van der Waals surface area contributed by atoms with Crippen molar-refractivity contribution in [2.24, 2.45) is 5.92 Å². The molecule has 1 aliphatic rings. The molecule has 0 aliphatic heterocycles. The molecule has 2 rings (SSSR count). The molecule has 3 nitrogen and oxygen atoms in total. The van der Waals surface area contributed by atoms with Gasteiger partial charge >= 0.3 is 6.03 Å². The molecule has 2 atom stereocenters. The van der Waals surface area contributed by atoms with Crippen LogP contribution in [0.1, 0.15) is 26.2 Å². The molecular weight excluding hydrogens is 200 g/mol. The number of nitrogens with one attached hydrogen (secondary N) is 2. The van der Waals surface area contributed by atoms with E-state index in [1.807, 2.05) is 30.3 Å². The van der Waals surface area contributed by atoms with Gasteiger partial charge in [-0.2, -0.15) is 0 Å². The number of anilines is 1. The molecule has 0 aromatic heterocycles. The van der Waals surface area contributed by atoms with Crippen LogP contribution in [0.3, 0.4) is 0 Å². The van der Waals surface area contributed by atoms with Gasteiger partial charge in [-0.25, -0.2) is 4.79 Å². The van der Waals surface area contributed by atoms with Gasteiger partial charge in [-0.3, -0.25) is 0 Å². The van der Waals surface area contributed by atoms with E-state index >= 15 is 0 Å². The molecule has 2 N–H and O–H groups in total. The van der Waals surface area contributed by atoms with E-state index in [0.717, 1.165) is 24.4 Å². The summed E-state index contributed by atoms with van der Waals surface area (Å²) < 4.78 is 0. The number of rotatable bonds is 2. The molecule has 0 radical (unpaired) electrons. The second-order valence-corrected chi connectivity index (χ2v) is 4.58. The van der Waals surface area contributed by atoms with Crippen LogP contribution in [0, 0.1) is 5.92 Å². The Hall–Kier alpha value is -1.51. The third-order valence-corrected chi connectivity index (χ3v) is 3.06. The second kappa shape index (κ2) is 5.01. The number of carbonyl (C=O) groups excluding carboxylic acids is 1. The fourth-order valence-electron chi connectivity index (χ4n) is 2.21. The van der Waals surface area contributed by atoms with E-state index in [1.54, 1.807) is 0 Å². The number of hydrogen-bond acceptors (Lipinski definition) is 1. The lowest BCUT2D eigenvalue weighted by Crippen LogP contribution is -2.36. The van der Waals surface area contributed by atoms with Crippen LogP contribution >= 0.6 is 0 Å². The van der Waals surface area contributed by atoms with Gasteiger partial charge in [-0.1, -0.05) is 25.1 Å². The zero-order valence-electron chi connectivity index (χ0n) is 9.57. The lowest BCUT2D eigenvalue weighted by molar-refractivity contribution is 0.248. The van der Waals surface area contributed by atoms with Crippen LogP contribution in [0.25, 0.3) is 0 Å². The number of para-hydroxylation sites is 1. The van der Waals surface area contributed by atoms with Crippen LogP contribution in [-0.2, 0) is 0 Å². The molecule has 0 saturated heterocycles. The monoisotopic (exact) mass is 218 g/mol. The third-order valence-electron chi connectivity index (χ3n) is 3.06. The van der Waals surface area contributed by atoms with Crippen molar-refractivity contribution in [2.45, 2.75) is 32.2 Å². The van der Waals surface area contributed by atoms with Gasteiger partial charge in [0.05, 0.1) is 0 Å². The Balaban J connectivity index is 1.81. The predicted molar refractivity (Wildman–Crippen MR) is 65.4 cm³/mol. The molecule has 3 heteroatoms. The molecule has 1 saturated carbocycles. The van der Waals surface area contributed by atoms with Gasteiger partial charge in [0.2, 0.25) is 0 Å². The van der Waals surface area contributed by atoms with Crippen molar-refractivity contribution in [1.82, 2.24) is 5.32 Å². The van der Waals surface area contributed by atoms with Gasteiger partial charge in [-0.05, 0) is 37.3 Å². The number of amides is 2. The Morgan fingerprint density at radius 1 is 1.25 bits per heavy atom. The van der Waals surface area contributed by atoms with Gasteiger partial charge in [0.25, 0.3) is 0 Å². The summed E-state index contributed by atoms with van der Waals surface area (Å²) in [6, 6.07) is 9.78. The van der Waals surface area contributed by atoms with Crippen LogP contribution in [-0.4, -0.2) is 12.1 Å². The fourth-order valence-corrected chi connectivity index (χ4v) is 2.21. The van der Waals surface area contributed by atoms with E-state index < -0.39 is 0 Å². The first kappa shape index (κ1) is 11.0. The molecule has 0 spiro atoms. The number of hydrogen-bond donors (Lipinski definition) is 2. The first-order chi connectivity index (χ1) is 7.74. The Bertz CT molecular complexity index is 350. The van der Waals surface area contributed by atoms with Crippen LogP contribution in [0.2, 0.25) is 0 Å². The Morgan fingerprint density at radius 2 is 2.00 bits per heavy atom. The highest BCUT2D eigenvalue weighted by molar-refractivity contribution is 5.89. The van der Waals surface area contributed by atoms with E-state index in [4.69, 9.17) is 0 Å². The Morgan fingerprint density at radius 3 is 2.62 bits per heavy atom. The molecule has 1 aromatic rings. The molecule has 2 unspecified atom stereocenters. The SMILES string of the molecule is CC1CCC(NC(=O)Nc2ccccc2)C1. The summed E-state index contributed by atoms with van der Waals surface area (Å²) in [4.78, 5) is 11.7. The van der Waals surface area contributed by atoms with Crippen molar-refractivity contribution in [2.75, 3.05) is 5.32 Å². The highest BCUT2D eigenvalue weighted by Gasteiger charge is 2.22. The lowest BCUT2D eigenvalue weighted by Gasteiger charge is -2.13. The molecule has 0 bridgehead atoms. The molecule has 86 valence electrons. The standard InChI is InChI=1S/C13H18N2O/c1-10-7-8-12(9-10)15-13(16)14-11-5-3-2-4-6-11/h2-6,10,12H,7-9H2,1H3,(H2,14,15,16). The first-order valence-corrected chi connectivity index (χ1v) is 5.86. The van der Waals surface area contributed by atoms with Crippen molar-refractivity contribution in [3.8, 4) is 0 Å². The molecule has 16 heavy (non-hydrogen) atoms. The van der Waals surface area contributed by atoms with Crippen molar-refractivity contribution in [3.05, 3.63) is 30.3 Å². The maximum absolute atomic E-state index is 11.7. The van der Waals surface area contributed by atoms with Crippen LogP contribution in [0.15, 0.2) is 30.3 Å². The Labute approximate surface area is 96.2 Å². The normalized spacial score (nSPS) is 24.1. The average Bonchev–Trinajstić information content (AvgIpc) is 2.65. The van der Waals surface area contributed by atoms with E-state index in [-0.39, 0.29) is 6.03 Å². The summed E-state index contributed by atoms with van der Waals surface area (Å²) in [6.07, 6.45) is 3.42. The van der Waals surface area contributed by atoms with Crippen LogP contribution in [0.4, 0.5) is 10.5 Å². The van der Waals surface area contributed by atoms with E-state index in [9.17, 15) is 4.79 Å². The summed E-state index contributed by atoms with van der Waals surface area (Å²) >= 11 is 0. The van der Waals surface area contributed by atoms with E-state index in [2.05, 4.69) is 17.6 Å². The van der Waals surface area contributed by atoms with Crippen molar-refractivity contribution in [1.29, 1.82) is 0 Å². The highest BCUT2D eigenvalue weighted by atomic mass is 16.2. The largest absolute Gasteiger partial charge is 0.335 e. The summed E-state index contributed by atoms with van der Waals surface area (Å²) in [7, 11) is 0. The third kappa shape index (κ3) is 2.99. The van der Waals surface area contributed by atoms with Gasteiger partial charge in [0.15, 0.2) is 0 Å². The van der Waals surface area contributed by atoms with Gasteiger partial charge in [0, 0.05) is 11.7 Å². The minimum atomic E-state index is -0.0923. The topological polar surface area (TPSA) is 41.1 Å². The molecule has 2 amide bonds. The average molecular weight is 218 g/mol. The maximum atomic E-state index is 11.7. The molecule has 1 fully saturated rings. The molecular formula is C13H18N2O. The number of benzene rings is 1. The molecule has 1 aliphatic carbocycles. The van der Waals surface area contributed by atoms with Gasteiger partial charge in [-0.15, -0.1) is 0 Å². The zero-order chi connectivity index (χ0) is 11.4. The van der Waals surface area contributed by atoms with E-state index in [0.29, 0.717) is 6.04 Å². The molecule has 0 heterocycles. The molecule has 1 aromatic carbocycles. The van der Waals surface area contributed by atoms with Crippen LogP contribution < -0.4 is 10.6 Å². The zero-order valence-corrected chi connectivity index (χ0v) is 9.57. The Kier molecular flexibility index (Phi) is 3.44. The minimum Gasteiger partial charge on any atom is -0.335 e. The summed E-state index contributed by atoms with van der Waals surface area (Å²) in [5.74, 6) is 0.738. The second-order valence-electron chi connectivity index (χ2n) is 4.58. The minimum absolute atomic E-state index is 0.0923.